The molecule has 1 aromatic rings. The maximum Gasteiger partial charge on any atom is 0.407 e. The van der Waals surface area contributed by atoms with E-state index in [9.17, 15) is 9.18 Å². The smallest absolute Gasteiger partial charge is 0.407 e. The van der Waals surface area contributed by atoms with Crippen LogP contribution in [0.4, 0.5) is 9.18 Å². The van der Waals surface area contributed by atoms with Crippen molar-refractivity contribution in [2.45, 2.75) is 39.5 Å². The Labute approximate surface area is 116 Å². The second kappa shape index (κ2) is 6.77. The number of azide groups is 1. The number of benzene rings is 1. The van der Waals surface area contributed by atoms with Crippen molar-refractivity contribution in [3.05, 3.63) is 45.6 Å². The molecule has 7 heteroatoms. The highest BCUT2D eigenvalue weighted by Gasteiger charge is 2.15. The number of ether oxygens (including phenoxy) is 1. The minimum Gasteiger partial charge on any atom is -0.445 e. The van der Waals surface area contributed by atoms with Gasteiger partial charge in [0, 0.05) is 10.5 Å². The SMILES string of the molecule is CC(C)(C)NC(=O)OCc1ccc(F)cc1CN=[N+]=[N-]. The Morgan fingerprint density at radius 3 is 2.75 bits per heavy atom. The van der Waals surface area contributed by atoms with E-state index < -0.39 is 17.4 Å². The molecular weight excluding hydrogens is 263 g/mol. The maximum atomic E-state index is 13.1. The highest BCUT2D eigenvalue weighted by atomic mass is 19.1. The van der Waals surface area contributed by atoms with Crippen LogP contribution < -0.4 is 5.32 Å². The Kier molecular flexibility index (Phi) is 5.34. The highest BCUT2D eigenvalue weighted by molar-refractivity contribution is 5.68. The summed E-state index contributed by atoms with van der Waals surface area (Å²) in [7, 11) is 0. The van der Waals surface area contributed by atoms with Crippen molar-refractivity contribution in [1.29, 1.82) is 0 Å². The third-order valence-electron chi connectivity index (χ3n) is 2.31. The second-order valence-corrected chi connectivity index (χ2v) is 5.25. The number of hydrogen-bond acceptors (Lipinski definition) is 3. The van der Waals surface area contributed by atoms with Crippen molar-refractivity contribution in [1.82, 2.24) is 5.32 Å². The van der Waals surface area contributed by atoms with Crippen LogP contribution in [0.1, 0.15) is 31.9 Å². The van der Waals surface area contributed by atoms with E-state index in [1.807, 2.05) is 20.8 Å². The lowest BCUT2D eigenvalue weighted by atomic mass is 10.1. The fourth-order valence-electron chi connectivity index (χ4n) is 1.48. The first-order valence-electron chi connectivity index (χ1n) is 6.05. The topological polar surface area (TPSA) is 87.1 Å². The molecule has 1 rings (SSSR count). The Morgan fingerprint density at radius 1 is 1.45 bits per heavy atom. The number of amides is 1. The molecule has 0 saturated carbocycles. The van der Waals surface area contributed by atoms with Crippen LogP contribution in [0.2, 0.25) is 0 Å². The maximum absolute atomic E-state index is 13.1. The fourth-order valence-corrected chi connectivity index (χ4v) is 1.48. The normalized spacial score (nSPS) is 10.6. The van der Waals surface area contributed by atoms with Crippen LogP contribution in [0.5, 0.6) is 0 Å². The summed E-state index contributed by atoms with van der Waals surface area (Å²) >= 11 is 0. The van der Waals surface area contributed by atoms with Crippen molar-refractivity contribution < 1.29 is 13.9 Å². The monoisotopic (exact) mass is 280 g/mol. The average Bonchev–Trinajstić information content (AvgIpc) is 2.33. The van der Waals surface area contributed by atoms with Gasteiger partial charge in [0.25, 0.3) is 0 Å². The highest BCUT2D eigenvalue weighted by Crippen LogP contribution is 2.14. The minimum atomic E-state index is -0.559. The summed E-state index contributed by atoms with van der Waals surface area (Å²) in [6, 6.07) is 4.02. The van der Waals surface area contributed by atoms with Gasteiger partial charge in [0.05, 0.1) is 6.54 Å². The van der Waals surface area contributed by atoms with Crippen molar-refractivity contribution >= 4 is 6.09 Å². The molecule has 0 radical (unpaired) electrons. The molecule has 0 saturated heterocycles. The van der Waals surface area contributed by atoms with Crippen LogP contribution in [0.15, 0.2) is 23.3 Å². The lowest BCUT2D eigenvalue weighted by Crippen LogP contribution is -2.40. The molecule has 0 heterocycles. The van der Waals surface area contributed by atoms with Gasteiger partial charge in [0.1, 0.15) is 12.4 Å². The number of hydrogen-bond donors (Lipinski definition) is 1. The van der Waals surface area contributed by atoms with E-state index in [0.29, 0.717) is 11.1 Å². The number of carbonyl (C=O) groups excluding carboxylic acids is 1. The zero-order valence-electron chi connectivity index (χ0n) is 11.7. The molecule has 1 aromatic carbocycles. The van der Waals surface area contributed by atoms with Crippen molar-refractivity contribution in [3.63, 3.8) is 0 Å². The molecule has 0 aliphatic carbocycles. The lowest BCUT2D eigenvalue weighted by Gasteiger charge is -2.20. The van der Waals surface area contributed by atoms with Gasteiger partial charge in [-0.05, 0) is 49.6 Å². The number of halogens is 1. The van der Waals surface area contributed by atoms with Crippen LogP contribution >= 0.6 is 0 Å². The molecule has 0 spiro atoms. The molecule has 0 aliphatic heterocycles. The molecule has 0 aromatic heterocycles. The predicted molar refractivity (Wildman–Crippen MR) is 72.3 cm³/mol. The fraction of sp³-hybridized carbons (Fsp3) is 0.462. The van der Waals surface area contributed by atoms with Crippen LogP contribution in [-0.4, -0.2) is 11.6 Å². The molecule has 108 valence electrons. The van der Waals surface area contributed by atoms with E-state index in [2.05, 4.69) is 15.3 Å². The molecule has 1 amide bonds. The molecule has 0 bridgehead atoms. The first-order chi connectivity index (χ1) is 9.31. The van der Waals surface area contributed by atoms with Gasteiger partial charge in [-0.25, -0.2) is 9.18 Å². The Bertz CT molecular complexity index is 534. The molecule has 6 nitrogen and oxygen atoms in total. The second-order valence-electron chi connectivity index (χ2n) is 5.25. The van der Waals surface area contributed by atoms with E-state index >= 15 is 0 Å². The zero-order chi connectivity index (χ0) is 15.2. The van der Waals surface area contributed by atoms with E-state index in [1.54, 1.807) is 0 Å². The van der Waals surface area contributed by atoms with E-state index in [-0.39, 0.29) is 13.2 Å². The van der Waals surface area contributed by atoms with Gasteiger partial charge in [-0.3, -0.25) is 0 Å². The van der Waals surface area contributed by atoms with Crippen molar-refractivity contribution in [2.75, 3.05) is 0 Å². The van der Waals surface area contributed by atoms with Gasteiger partial charge in [0.15, 0.2) is 0 Å². The zero-order valence-corrected chi connectivity index (χ0v) is 11.7. The third kappa shape index (κ3) is 5.58. The first-order valence-corrected chi connectivity index (χ1v) is 6.05. The van der Waals surface area contributed by atoms with Gasteiger partial charge < -0.3 is 10.1 Å². The predicted octanol–water partition coefficient (Wildman–Crippen LogP) is 3.66. The molecule has 0 fully saturated rings. The summed E-state index contributed by atoms with van der Waals surface area (Å²) in [5.41, 5.74) is 9.00. The van der Waals surface area contributed by atoms with Crippen LogP contribution in [-0.2, 0) is 17.9 Å². The molecule has 0 unspecified atom stereocenters. The van der Waals surface area contributed by atoms with E-state index in [0.717, 1.165) is 0 Å². The summed E-state index contributed by atoms with van der Waals surface area (Å²) < 4.78 is 18.2. The first kappa shape index (κ1) is 15.8. The molecule has 0 aliphatic rings. The van der Waals surface area contributed by atoms with Crippen LogP contribution in [0, 0.1) is 5.82 Å². The number of nitrogens with zero attached hydrogens (tertiary/aromatic N) is 3. The minimum absolute atomic E-state index is 0.00778. The quantitative estimate of drug-likeness (QED) is 0.518. The molecule has 1 N–H and O–H groups in total. The summed E-state index contributed by atoms with van der Waals surface area (Å²) in [6.45, 7) is 5.49. The van der Waals surface area contributed by atoms with Gasteiger partial charge in [0.2, 0.25) is 0 Å². The van der Waals surface area contributed by atoms with Gasteiger partial charge in [-0.1, -0.05) is 11.2 Å². The summed E-state index contributed by atoms with van der Waals surface area (Å²) in [5, 5.41) is 6.03. The van der Waals surface area contributed by atoms with E-state index in [4.69, 9.17) is 10.3 Å². The summed E-state index contributed by atoms with van der Waals surface area (Å²) in [5.74, 6) is -0.434. The number of alkyl carbamates (subject to hydrolysis) is 1. The largest absolute Gasteiger partial charge is 0.445 e. The van der Waals surface area contributed by atoms with Crippen molar-refractivity contribution in [3.8, 4) is 0 Å². The number of carbonyl (C=O) groups is 1. The Balaban J connectivity index is 2.72. The third-order valence-corrected chi connectivity index (χ3v) is 2.31. The molecule has 0 atom stereocenters. The average molecular weight is 280 g/mol. The summed E-state index contributed by atoms with van der Waals surface area (Å²) in [6.07, 6.45) is -0.559. The van der Waals surface area contributed by atoms with Crippen molar-refractivity contribution in [2.24, 2.45) is 5.11 Å². The van der Waals surface area contributed by atoms with Gasteiger partial charge in [-0.2, -0.15) is 0 Å². The van der Waals surface area contributed by atoms with Gasteiger partial charge in [-0.15, -0.1) is 0 Å². The van der Waals surface area contributed by atoms with Crippen LogP contribution in [0.25, 0.3) is 10.4 Å². The van der Waals surface area contributed by atoms with Crippen LogP contribution in [0.3, 0.4) is 0 Å². The van der Waals surface area contributed by atoms with Gasteiger partial charge >= 0.3 is 6.09 Å². The lowest BCUT2D eigenvalue weighted by molar-refractivity contribution is 0.131. The summed E-state index contributed by atoms with van der Waals surface area (Å²) in [4.78, 5) is 14.2. The number of rotatable bonds is 4. The van der Waals surface area contributed by atoms with E-state index in [1.165, 1.54) is 18.2 Å². The Morgan fingerprint density at radius 2 is 2.15 bits per heavy atom. The molecule has 20 heavy (non-hydrogen) atoms. The Hall–Kier alpha value is -2.27. The molecular formula is C13H17FN4O2. The number of nitrogens with one attached hydrogen (secondary N) is 1. The standard InChI is InChI=1S/C13H17FN4O2/c1-13(2,3)17-12(19)20-8-9-4-5-11(14)6-10(9)7-16-18-15/h4-6H,7-8H2,1-3H3,(H,17,19).